The van der Waals surface area contributed by atoms with E-state index in [0.717, 1.165) is 17.7 Å². The van der Waals surface area contributed by atoms with Gasteiger partial charge < -0.3 is 13.7 Å². The summed E-state index contributed by atoms with van der Waals surface area (Å²) in [6.45, 7) is 4.18. The second kappa shape index (κ2) is 5.98. The van der Waals surface area contributed by atoms with Gasteiger partial charge in [-0.15, -0.1) is 0 Å². The lowest BCUT2D eigenvalue weighted by Gasteiger charge is -2.28. The zero-order valence-electron chi connectivity index (χ0n) is 14.4. The Labute approximate surface area is 149 Å². The number of nitrogens with zero attached hydrogens (tertiary/aromatic N) is 1. The fourth-order valence-electron chi connectivity index (χ4n) is 3.21. The molecule has 6 nitrogen and oxygen atoms in total. The highest BCUT2D eigenvalue weighted by molar-refractivity contribution is 6.03. The highest BCUT2D eigenvalue weighted by atomic mass is 16.7. The van der Waals surface area contributed by atoms with Gasteiger partial charge in [-0.05, 0) is 30.0 Å². The number of rotatable bonds is 2. The van der Waals surface area contributed by atoms with Crippen LogP contribution >= 0.6 is 0 Å². The van der Waals surface area contributed by atoms with E-state index in [0.29, 0.717) is 23.1 Å². The summed E-state index contributed by atoms with van der Waals surface area (Å²) in [5, 5.41) is 4.66. The van der Waals surface area contributed by atoms with Crippen molar-refractivity contribution < 1.29 is 18.5 Å². The molecule has 3 aromatic rings. The molecule has 0 fully saturated rings. The van der Waals surface area contributed by atoms with Crippen molar-refractivity contribution in [1.29, 1.82) is 0 Å². The van der Waals surface area contributed by atoms with E-state index in [4.69, 9.17) is 13.7 Å². The van der Waals surface area contributed by atoms with E-state index in [1.54, 1.807) is 30.5 Å². The molecule has 0 unspecified atom stereocenters. The van der Waals surface area contributed by atoms with Crippen LogP contribution in [0.25, 0.3) is 11.0 Å². The zero-order chi connectivity index (χ0) is 18.3. The van der Waals surface area contributed by atoms with Crippen molar-refractivity contribution in [2.75, 3.05) is 0 Å². The van der Waals surface area contributed by atoms with Crippen LogP contribution in [-0.2, 0) is 11.3 Å². The van der Waals surface area contributed by atoms with Gasteiger partial charge in [0.05, 0.1) is 12.0 Å². The third kappa shape index (κ3) is 2.94. The standard InChI is InChI=1S/C20H17NO5/c1-20(2)10-15(13-7-8-24-17(13)11-20)21-26-19(23)14-9-12-5-3-4-6-16(12)25-18(14)22/h3-9H,10-11H2,1-2H3/b21-15-. The van der Waals surface area contributed by atoms with Gasteiger partial charge in [0, 0.05) is 17.4 Å². The lowest BCUT2D eigenvalue weighted by Crippen LogP contribution is -2.27. The smallest absolute Gasteiger partial charge is 0.373 e. The Morgan fingerprint density at radius 1 is 1.19 bits per heavy atom. The molecule has 2 aromatic heterocycles. The first-order chi connectivity index (χ1) is 12.4. The maximum absolute atomic E-state index is 12.4. The Morgan fingerprint density at radius 2 is 2.00 bits per heavy atom. The summed E-state index contributed by atoms with van der Waals surface area (Å²) in [4.78, 5) is 29.5. The maximum Gasteiger partial charge on any atom is 0.373 e. The molecule has 1 aromatic carbocycles. The number of furan rings is 1. The number of hydrogen-bond donors (Lipinski definition) is 0. The number of oxime groups is 1. The molecular weight excluding hydrogens is 334 g/mol. The fraction of sp³-hybridized carbons (Fsp3) is 0.250. The summed E-state index contributed by atoms with van der Waals surface area (Å²) in [7, 11) is 0. The van der Waals surface area contributed by atoms with Gasteiger partial charge >= 0.3 is 11.6 Å². The molecule has 4 rings (SSSR count). The number of carbonyl (C=O) groups is 1. The van der Waals surface area contributed by atoms with Crippen LogP contribution in [0.5, 0.6) is 0 Å². The zero-order valence-corrected chi connectivity index (χ0v) is 14.4. The maximum atomic E-state index is 12.4. The largest absolute Gasteiger partial charge is 0.469 e. The van der Waals surface area contributed by atoms with E-state index in [1.165, 1.54) is 6.07 Å². The molecular formula is C20H17NO5. The molecule has 0 bridgehead atoms. The third-order valence-electron chi connectivity index (χ3n) is 4.44. The minimum absolute atomic E-state index is 0.0575. The fourth-order valence-corrected chi connectivity index (χ4v) is 3.21. The van der Waals surface area contributed by atoms with Crippen molar-refractivity contribution in [3.63, 3.8) is 0 Å². The van der Waals surface area contributed by atoms with Gasteiger partial charge in [-0.25, -0.2) is 9.59 Å². The SMILES string of the molecule is CC1(C)C/C(=N/OC(=O)c2cc3ccccc3oc2=O)c2ccoc2C1. The van der Waals surface area contributed by atoms with E-state index >= 15 is 0 Å². The molecule has 0 radical (unpaired) electrons. The molecule has 0 amide bonds. The minimum atomic E-state index is -0.842. The third-order valence-corrected chi connectivity index (χ3v) is 4.44. The number of hydrogen-bond acceptors (Lipinski definition) is 6. The van der Waals surface area contributed by atoms with Gasteiger partial charge in [-0.3, -0.25) is 0 Å². The Hall–Kier alpha value is -3.15. The topological polar surface area (TPSA) is 82.0 Å². The normalized spacial score (nSPS) is 17.2. The Balaban J connectivity index is 1.64. The van der Waals surface area contributed by atoms with Crippen molar-refractivity contribution in [2.45, 2.75) is 26.7 Å². The Kier molecular flexibility index (Phi) is 3.76. The Morgan fingerprint density at radius 3 is 2.85 bits per heavy atom. The monoisotopic (exact) mass is 351 g/mol. The molecule has 26 heavy (non-hydrogen) atoms. The predicted molar refractivity (Wildman–Crippen MR) is 95.2 cm³/mol. The summed E-state index contributed by atoms with van der Waals surface area (Å²) < 4.78 is 10.7. The van der Waals surface area contributed by atoms with Crippen LogP contribution in [0.3, 0.4) is 0 Å². The molecule has 1 aliphatic rings. The van der Waals surface area contributed by atoms with Gasteiger partial charge in [-0.1, -0.05) is 37.2 Å². The number of para-hydroxylation sites is 1. The Bertz CT molecular complexity index is 1090. The summed E-state index contributed by atoms with van der Waals surface area (Å²) >= 11 is 0. The van der Waals surface area contributed by atoms with Crippen molar-refractivity contribution in [1.82, 2.24) is 0 Å². The molecule has 132 valence electrons. The first-order valence-electron chi connectivity index (χ1n) is 8.31. The number of carbonyl (C=O) groups excluding carboxylic acids is 1. The van der Waals surface area contributed by atoms with Crippen molar-refractivity contribution in [2.24, 2.45) is 10.6 Å². The average molecular weight is 351 g/mol. The van der Waals surface area contributed by atoms with Crippen LogP contribution in [0.1, 0.15) is 41.9 Å². The predicted octanol–water partition coefficient (Wildman–Crippen LogP) is 3.92. The molecule has 6 heteroatoms. The first-order valence-corrected chi connectivity index (χ1v) is 8.31. The molecule has 2 heterocycles. The molecule has 0 saturated heterocycles. The van der Waals surface area contributed by atoms with E-state index in [1.807, 2.05) is 6.07 Å². The summed E-state index contributed by atoms with van der Waals surface area (Å²) in [5.74, 6) is -0.0216. The van der Waals surface area contributed by atoms with Crippen LogP contribution in [0, 0.1) is 5.41 Å². The lowest BCUT2D eigenvalue weighted by atomic mass is 9.76. The van der Waals surface area contributed by atoms with Crippen molar-refractivity contribution in [3.8, 4) is 0 Å². The van der Waals surface area contributed by atoms with Gasteiger partial charge in [0.15, 0.2) is 0 Å². The average Bonchev–Trinajstić information content (AvgIpc) is 3.05. The van der Waals surface area contributed by atoms with Crippen LogP contribution in [0.4, 0.5) is 0 Å². The summed E-state index contributed by atoms with van der Waals surface area (Å²) in [6.07, 6.45) is 3.02. The summed E-state index contributed by atoms with van der Waals surface area (Å²) in [6, 6.07) is 10.2. The van der Waals surface area contributed by atoms with Crippen molar-refractivity contribution >= 4 is 22.7 Å². The quantitative estimate of drug-likeness (QED) is 0.397. The number of benzene rings is 1. The van der Waals surface area contributed by atoms with Crippen LogP contribution in [-0.4, -0.2) is 11.7 Å². The minimum Gasteiger partial charge on any atom is -0.469 e. The second-order valence-corrected chi connectivity index (χ2v) is 7.18. The molecule has 0 aliphatic heterocycles. The van der Waals surface area contributed by atoms with Gasteiger partial charge in [0.25, 0.3) is 0 Å². The van der Waals surface area contributed by atoms with E-state index in [2.05, 4.69) is 19.0 Å². The molecule has 0 spiro atoms. The van der Waals surface area contributed by atoms with Crippen LogP contribution in [0.2, 0.25) is 0 Å². The van der Waals surface area contributed by atoms with Gasteiger partial charge in [-0.2, -0.15) is 0 Å². The van der Waals surface area contributed by atoms with Gasteiger partial charge in [0.1, 0.15) is 16.9 Å². The lowest BCUT2D eigenvalue weighted by molar-refractivity contribution is 0.0509. The van der Waals surface area contributed by atoms with E-state index in [-0.39, 0.29) is 11.0 Å². The molecule has 0 atom stereocenters. The highest BCUT2D eigenvalue weighted by Crippen LogP contribution is 2.35. The van der Waals surface area contributed by atoms with E-state index in [9.17, 15) is 9.59 Å². The molecule has 1 aliphatic carbocycles. The first kappa shape index (κ1) is 16.3. The van der Waals surface area contributed by atoms with Crippen LogP contribution < -0.4 is 5.63 Å². The number of fused-ring (bicyclic) bond motifs is 2. The van der Waals surface area contributed by atoms with Crippen LogP contribution in [0.15, 0.2) is 61.4 Å². The summed E-state index contributed by atoms with van der Waals surface area (Å²) in [5.41, 5.74) is 0.888. The van der Waals surface area contributed by atoms with Gasteiger partial charge in [0.2, 0.25) is 0 Å². The van der Waals surface area contributed by atoms with Crippen molar-refractivity contribution in [3.05, 3.63) is 70.0 Å². The van der Waals surface area contributed by atoms with E-state index < -0.39 is 11.6 Å². The molecule has 0 N–H and O–H groups in total. The molecule has 0 saturated carbocycles. The highest BCUT2D eigenvalue weighted by Gasteiger charge is 2.32. The second-order valence-electron chi connectivity index (χ2n) is 7.18.